The van der Waals surface area contributed by atoms with Crippen molar-refractivity contribution in [2.75, 3.05) is 6.61 Å². The smallest absolute Gasteiger partial charge is 0.332 e. The van der Waals surface area contributed by atoms with Gasteiger partial charge in [0.15, 0.2) is 11.2 Å². The molecule has 140 valence electrons. The van der Waals surface area contributed by atoms with Gasteiger partial charge in [-0.25, -0.2) is 9.78 Å². The molecule has 0 unspecified atom stereocenters. The molecule has 0 bridgehead atoms. The third-order valence-corrected chi connectivity index (χ3v) is 4.93. The van der Waals surface area contributed by atoms with Gasteiger partial charge in [-0.3, -0.25) is 18.5 Å². The van der Waals surface area contributed by atoms with Crippen molar-refractivity contribution >= 4 is 22.5 Å². The molecule has 0 amide bonds. The molecular formula is C16H21N5O4S. The normalized spacial score (nSPS) is 11.4. The van der Waals surface area contributed by atoms with Crippen LogP contribution in [0.5, 0.6) is 6.01 Å². The van der Waals surface area contributed by atoms with Crippen LogP contribution in [0, 0.1) is 6.92 Å². The van der Waals surface area contributed by atoms with E-state index in [1.54, 1.807) is 17.8 Å². The lowest BCUT2D eigenvalue weighted by molar-refractivity contribution is 0.269. The molecule has 0 fully saturated rings. The molecule has 3 aromatic heterocycles. The first-order valence-corrected chi connectivity index (χ1v) is 9.14. The lowest BCUT2D eigenvalue weighted by Gasteiger charge is -2.09. The standard InChI is InChI=1S/C16H21N5O4S/c1-4-20-12-13(18-15(20)25-9-11-17-8-10(2)26-11)19(3)16(24)21(14(12)23)6-5-7-22/h8,22H,4-7,9H2,1-3H3. The number of aliphatic hydroxyl groups excluding tert-OH is 1. The van der Waals surface area contributed by atoms with E-state index in [4.69, 9.17) is 9.84 Å². The number of aromatic nitrogens is 5. The van der Waals surface area contributed by atoms with Gasteiger partial charge in [-0.05, 0) is 20.3 Å². The highest BCUT2D eigenvalue weighted by Gasteiger charge is 2.20. The summed E-state index contributed by atoms with van der Waals surface area (Å²) >= 11 is 1.53. The van der Waals surface area contributed by atoms with Gasteiger partial charge in [0.05, 0.1) is 0 Å². The minimum atomic E-state index is -0.459. The first-order chi connectivity index (χ1) is 12.5. The predicted octanol–water partition coefficient (Wildman–Crippen LogP) is 0.643. The number of aryl methyl sites for hydroxylation is 3. The van der Waals surface area contributed by atoms with Crippen LogP contribution in [0.25, 0.3) is 11.2 Å². The van der Waals surface area contributed by atoms with Gasteiger partial charge in [-0.1, -0.05) is 0 Å². The Hall–Kier alpha value is -2.46. The van der Waals surface area contributed by atoms with Crippen molar-refractivity contribution in [3.8, 4) is 6.01 Å². The summed E-state index contributed by atoms with van der Waals surface area (Å²) in [6, 6.07) is 0.280. The van der Waals surface area contributed by atoms with Crippen molar-refractivity contribution in [1.82, 2.24) is 23.7 Å². The Morgan fingerprint density at radius 1 is 1.31 bits per heavy atom. The molecule has 0 aliphatic heterocycles. The van der Waals surface area contributed by atoms with Gasteiger partial charge >= 0.3 is 5.69 Å². The minimum Gasteiger partial charge on any atom is -0.457 e. The van der Waals surface area contributed by atoms with E-state index in [0.717, 1.165) is 14.5 Å². The van der Waals surface area contributed by atoms with Crippen molar-refractivity contribution < 1.29 is 9.84 Å². The molecule has 0 radical (unpaired) electrons. The van der Waals surface area contributed by atoms with Crippen LogP contribution in [-0.4, -0.2) is 35.4 Å². The van der Waals surface area contributed by atoms with Crippen LogP contribution < -0.4 is 16.0 Å². The summed E-state index contributed by atoms with van der Waals surface area (Å²) in [6.45, 7) is 4.62. The van der Waals surface area contributed by atoms with E-state index >= 15 is 0 Å². The third kappa shape index (κ3) is 3.17. The Kier molecular flexibility index (Phi) is 5.23. The van der Waals surface area contributed by atoms with Gasteiger partial charge in [0.2, 0.25) is 0 Å². The van der Waals surface area contributed by atoms with Gasteiger partial charge in [-0.2, -0.15) is 4.98 Å². The van der Waals surface area contributed by atoms with Gasteiger partial charge in [0.25, 0.3) is 11.6 Å². The summed E-state index contributed by atoms with van der Waals surface area (Å²) < 4.78 is 9.90. The maximum absolute atomic E-state index is 12.8. The zero-order chi connectivity index (χ0) is 18.8. The van der Waals surface area contributed by atoms with Gasteiger partial charge in [0.1, 0.15) is 11.6 Å². The topological polar surface area (TPSA) is 104 Å². The fourth-order valence-corrected chi connectivity index (χ4v) is 3.48. The second kappa shape index (κ2) is 7.42. The number of rotatable bonds is 7. The lowest BCUT2D eigenvalue weighted by Crippen LogP contribution is -2.39. The molecule has 26 heavy (non-hydrogen) atoms. The van der Waals surface area contributed by atoms with E-state index in [1.807, 2.05) is 13.8 Å². The lowest BCUT2D eigenvalue weighted by atomic mass is 10.4. The van der Waals surface area contributed by atoms with Crippen molar-refractivity contribution in [3.05, 3.63) is 36.9 Å². The number of fused-ring (bicyclic) bond motifs is 1. The van der Waals surface area contributed by atoms with Crippen LogP contribution in [0.3, 0.4) is 0 Å². The first-order valence-electron chi connectivity index (χ1n) is 8.33. The first kappa shape index (κ1) is 18.3. The maximum Gasteiger partial charge on any atom is 0.332 e. The Labute approximate surface area is 153 Å². The number of aliphatic hydroxyl groups is 1. The Morgan fingerprint density at radius 2 is 2.08 bits per heavy atom. The highest BCUT2D eigenvalue weighted by atomic mass is 32.1. The van der Waals surface area contributed by atoms with Crippen LogP contribution in [0.2, 0.25) is 0 Å². The molecule has 0 saturated heterocycles. The van der Waals surface area contributed by atoms with Crippen molar-refractivity contribution in [2.45, 2.75) is 40.0 Å². The van der Waals surface area contributed by atoms with Gasteiger partial charge < -0.3 is 9.84 Å². The molecule has 1 N–H and O–H groups in total. The molecule has 0 aromatic carbocycles. The van der Waals surface area contributed by atoms with Crippen LogP contribution in [0.1, 0.15) is 23.2 Å². The van der Waals surface area contributed by atoms with Crippen LogP contribution in [-0.2, 0) is 26.7 Å². The van der Waals surface area contributed by atoms with E-state index in [1.165, 1.54) is 15.9 Å². The number of hydrogen-bond acceptors (Lipinski definition) is 7. The zero-order valence-electron chi connectivity index (χ0n) is 14.9. The fourth-order valence-electron chi connectivity index (χ4n) is 2.78. The van der Waals surface area contributed by atoms with Crippen LogP contribution >= 0.6 is 11.3 Å². The quantitative estimate of drug-likeness (QED) is 0.646. The second-order valence-electron chi connectivity index (χ2n) is 5.84. The van der Waals surface area contributed by atoms with Crippen molar-refractivity contribution in [3.63, 3.8) is 0 Å². The van der Waals surface area contributed by atoms with E-state index in [9.17, 15) is 9.59 Å². The highest BCUT2D eigenvalue weighted by molar-refractivity contribution is 7.11. The van der Waals surface area contributed by atoms with E-state index in [0.29, 0.717) is 18.5 Å². The van der Waals surface area contributed by atoms with Gasteiger partial charge in [-0.15, -0.1) is 11.3 Å². The summed E-state index contributed by atoms with van der Waals surface area (Å²) in [4.78, 5) is 35.0. The Balaban J connectivity index is 2.08. The summed E-state index contributed by atoms with van der Waals surface area (Å²) in [6.07, 6.45) is 2.10. The Morgan fingerprint density at radius 3 is 2.69 bits per heavy atom. The predicted molar refractivity (Wildman–Crippen MR) is 97.8 cm³/mol. The fraction of sp³-hybridized carbons (Fsp3) is 0.500. The number of thiazole rings is 1. The molecule has 0 spiro atoms. The molecule has 0 aliphatic carbocycles. The largest absolute Gasteiger partial charge is 0.457 e. The molecule has 0 saturated carbocycles. The van der Waals surface area contributed by atoms with Crippen molar-refractivity contribution in [1.29, 1.82) is 0 Å². The molecule has 3 aromatic rings. The average Bonchev–Trinajstić information content (AvgIpc) is 3.21. The molecule has 0 aliphatic rings. The molecule has 3 rings (SSSR count). The second-order valence-corrected chi connectivity index (χ2v) is 7.16. The molecule has 9 nitrogen and oxygen atoms in total. The zero-order valence-corrected chi connectivity index (χ0v) is 15.7. The molecule has 3 heterocycles. The number of imidazole rings is 1. The Bertz CT molecular complexity index is 1050. The third-order valence-electron chi connectivity index (χ3n) is 4.05. The minimum absolute atomic E-state index is 0.0950. The van der Waals surface area contributed by atoms with E-state index < -0.39 is 11.2 Å². The summed E-state index contributed by atoms with van der Waals surface area (Å²) in [5, 5.41) is 9.82. The van der Waals surface area contributed by atoms with E-state index in [-0.39, 0.29) is 31.4 Å². The average molecular weight is 379 g/mol. The molecule has 0 atom stereocenters. The van der Waals surface area contributed by atoms with Gasteiger partial charge in [0, 0.05) is 37.8 Å². The number of nitrogens with zero attached hydrogens (tertiary/aromatic N) is 5. The maximum atomic E-state index is 12.8. The van der Waals surface area contributed by atoms with Crippen LogP contribution in [0.15, 0.2) is 15.8 Å². The summed E-state index contributed by atoms with van der Waals surface area (Å²) in [5.74, 6) is 0. The number of ether oxygens (including phenoxy) is 1. The SMILES string of the molecule is CCn1c(OCc2ncc(C)s2)nc2c1c(=O)n(CCCO)c(=O)n2C. The van der Waals surface area contributed by atoms with Crippen LogP contribution in [0.4, 0.5) is 0 Å². The summed E-state index contributed by atoms with van der Waals surface area (Å²) in [5.41, 5.74) is -0.282. The molecule has 10 heteroatoms. The summed E-state index contributed by atoms with van der Waals surface area (Å²) in [7, 11) is 1.57. The highest BCUT2D eigenvalue weighted by Crippen LogP contribution is 2.20. The monoisotopic (exact) mass is 379 g/mol. The molecular weight excluding hydrogens is 358 g/mol. The van der Waals surface area contributed by atoms with E-state index in [2.05, 4.69) is 9.97 Å². The van der Waals surface area contributed by atoms with Crippen molar-refractivity contribution in [2.24, 2.45) is 7.05 Å². The number of hydrogen-bond donors (Lipinski definition) is 1.